The van der Waals surface area contributed by atoms with Gasteiger partial charge in [-0.2, -0.15) is 0 Å². The van der Waals surface area contributed by atoms with E-state index in [1.54, 1.807) is 0 Å². The van der Waals surface area contributed by atoms with Crippen LogP contribution in [0.1, 0.15) is 64.5 Å². The van der Waals surface area contributed by atoms with Crippen molar-refractivity contribution >= 4 is 23.6 Å². The molecule has 2 aliphatic heterocycles. The van der Waals surface area contributed by atoms with Crippen LogP contribution in [0.15, 0.2) is 62.8 Å². The van der Waals surface area contributed by atoms with Crippen molar-refractivity contribution in [3.8, 4) is 11.8 Å². The lowest BCUT2D eigenvalue weighted by Gasteiger charge is -2.10. The SMILES string of the molecule is CCC1=C(CC)/C(=C/c2c(O)n(C)c(=O)n(C)c2=O)N=C1C1=N/C(=C\c2c(O)n(C)c(=O)n(C)c2=O)C(CC)=C1CC. The summed E-state index contributed by atoms with van der Waals surface area (Å²) < 4.78 is 3.88. The Labute approximate surface area is 241 Å². The lowest BCUT2D eigenvalue weighted by atomic mass is 9.92. The fourth-order valence-electron chi connectivity index (χ4n) is 5.53. The van der Waals surface area contributed by atoms with E-state index in [9.17, 15) is 29.4 Å². The first-order chi connectivity index (χ1) is 19.8. The zero-order valence-corrected chi connectivity index (χ0v) is 25.2. The van der Waals surface area contributed by atoms with Gasteiger partial charge in [-0.1, -0.05) is 27.7 Å². The Bertz CT molecular complexity index is 1810. The fraction of sp³-hybridized carbons (Fsp3) is 0.400. The second-order valence-corrected chi connectivity index (χ2v) is 10.2. The standard InChI is InChI=1S/C30H36N6O6/c1-9-15-17(11-3)23(31-21(15)13-19-25(37)33(5)29(41)34(6)26(19)38)24-18(12-4)16(10-2)22(32-24)14-20-27(39)35(7)30(42)36(8)28(20)40/h13-14,37,39H,9-12H2,1-8H3/b21-13-,22-14-. The van der Waals surface area contributed by atoms with Crippen molar-refractivity contribution in [1.29, 1.82) is 0 Å². The molecule has 2 aromatic heterocycles. The highest BCUT2D eigenvalue weighted by Crippen LogP contribution is 2.38. The Morgan fingerprint density at radius 1 is 0.548 bits per heavy atom. The molecule has 4 rings (SSSR count). The van der Waals surface area contributed by atoms with Crippen LogP contribution in [0.4, 0.5) is 0 Å². The molecule has 222 valence electrons. The minimum Gasteiger partial charge on any atom is -0.494 e. The first-order valence-electron chi connectivity index (χ1n) is 13.9. The third-order valence-corrected chi connectivity index (χ3v) is 7.92. The molecule has 42 heavy (non-hydrogen) atoms. The van der Waals surface area contributed by atoms with E-state index in [1.165, 1.54) is 40.3 Å². The second-order valence-electron chi connectivity index (χ2n) is 10.2. The van der Waals surface area contributed by atoms with E-state index in [0.29, 0.717) is 48.5 Å². The highest BCUT2D eigenvalue weighted by Gasteiger charge is 2.32. The minimum atomic E-state index is -0.639. The molecule has 0 atom stereocenters. The maximum atomic E-state index is 12.9. The smallest absolute Gasteiger partial charge is 0.333 e. The molecule has 2 aromatic rings. The molecule has 0 radical (unpaired) electrons. The van der Waals surface area contributed by atoms with Crippen LogP contribution in [0.5, 0.6) is 11.8 Å². The number of aromatic hydroxyl groups is 2. The molecular formula is C30H36N6O6. The average molecular weight is 577 g/mol. The van der Waals surface area contributed by atoms with Crippen LogP contribution in [0, 0.1) is 0 Å². The highest BCUT2D eigenvalue weighted by molar-refractivity contribution is 6.55. The fourth-order valence-corrected chi connectivity index (χ4v) is 5.53. The molecule has 0 spiro atoms. The van der Waals surface area contributed by atoms with Crippen LogP contribution in [-0.2, 0) is 28.2 Å². The Hall–Kier alpha value is -4.74. The van der Waals surface area contributed by atoms with Gasteiger partial charge in [-0.25, -0.2) is 19.6 Å². The quantitative estimate of drug-likeness (QED) is 0.516. The predicted molar refractivity (Wildman–Crippen MR) is 163 cm³/mol. The first-order valence-corrected chi connectivity index (χ1v) is 13.9. The Morgan fingerprint density at radius 3 is 1.14 bits per heavy atom. The summed E-state index contributed by atoms with van der Waals surface area (Å²) in [6.45, 7) is 7.95. The molecule has 12 heteroatoms. The first kappa shape index (κ1) is 30.2. The van der Waals surface area contributed by atoms with Crippen LogP contribution in [0.25, 0.3) is 12.2 Å². The van der Waals surface area contributed by atoms with Crippen molar-refractivity contribution in [3.05, 3.63) is 86.5 Å². The third-order valence-electron chi connectivity index (χ3n) is 7.92. The Balaban J connectivity index is 1.99. The van der Waals surface area contributed by atoms with Crippen LogP contribution in [0.2, 0.25) is 0 Å². The topological polar surface area (TPSA) is 153 Å². The average Bonchev–Trinajstić information content (AvgIpc) is 3.53. The number of hydrogen-bond acceptors (Lipinski definition) is 8. The van der Waals surface area contributed by atoms with Gasteiger partial charge in [-0.05, 0) is 60.1 Å². The van der Waals surface area contributed by atoms with Gasteiger partial charge < -0.3 is 10.2 Å². The molecule has 0 fully saturated rings. The van der Waals surface area contributed by atoms with Crippen molar-refractivity contribution in [2.24, 2.45) is 38.2 Å². The van der Waals surface area contributed by atoms with E-state index in [4.69, 9.17) is 9.98 Å². The van der Waals surface area contributed by atoms with Gasteiger partial charge >= 0.3 is 11.4 Å². The number of allylic oxidation sites excluding steroid dienone is 4. The summed E-state index contributed by atoms with van der Waals surface area (Å²) >= 11 is 0. The normalized spacial score (nSPS) is 17.2. The summed E-state index contributed by atoms with van der Waals surface area (Å²) in [5.41, 5.74) is 3.26. The summed E-state index contributed by atoms with van der Waals surface area (Å²) in [6.07, 6.45) is 5.45. The summed E-state index contributed by atoms with van der Waals surface area (Å²) in [5, 5.41) is 21.3. The van der Waals surface area contributed by atoms with Crippen molar-refractivity contribution in [2.75, 3.05) is 0 Å². The molecule has 2 aliphatic rings. The molecule has 0 aliphatic carbocycles. The van der Waals surface area contributed by atoms with E-state index in [0.717, 1.165) is 40.6 Å². The van der Waals surface area contributed by atoms with E-state index in [1.807, 2.05) is 27.7 Å². The second kappa shape index (κ2) is 11.3. The van der Waals surface area contributed by atoms with Gasteiger partial charge in [0.05, 0.1) is 22.8 Å². The summed E-state index contributed by atoms with van der Waals surface area (Å²) in [6, 6.07) is 0. The lowest BCUT2D eigenvalue weighted by Crippen LogP contribution is -2.38. The van der Waals surface area contributed by atoms with Gasteiger partial charge in [-0.3, -0.25) is 27.9 Å². The number of hydrogen-bond donors (Lipinski definition) is 2. The van der Waals surface area contributed by atoms with Crippen molar-refractivity contribution in [3.63, 3.8) is 0 Å². The highest BCUT2D eigenvalue weighted by atomic mass is 16.3. The molecule has 0 saturated heterocycles. The van der Waals surface area contributed by atoms with Crippen molar-refractivity contribution in [2.45, 2.75) is 53.4 Å². The molecule has 4 heterocycles. The third kappa shape index (κ3) is 4.56. The number of aromatic nitrogens is 4. The van der Waals surface area contributed by atoms with E-state index in [2.05, 4.69) is 0 Å². The molecule has 12 nitrogen and oxygen atoms in total. The molecule has 0 saturated carbocycles. The monoisotopic (exact) mass is 576 g/mol. The van der Waals surface area contributed by atoms with Gasteiger partial charge in [0.15, 0.2) is 0 Å². The zero-order chi connectivity index (χ0) is 31.2. The molecule has 0 unspecified atom stereocenters. The Kier molecular flexibility index (Phi) is 8.11. The molecule has 0 aromatic carbocycles. The lowest BCUT2D eigenvalue weighted by molar-refractivity contribution is 0.409. The van der Waals surface area contributed by atoms with E-state index < -0.39 is 34.3 Å². The van der Waals surface area contributed by atoms with Crippen molar-refractivity contribution < 1.29 is 10.2 Å². The van der Waals surface area contributed by atoms with E-state index in [-0.39, 0.29) is 11.1 Å². The van der Waals surface area contributed by atoms with Gasteiger partial charge in [-0.15, -0.1) is 0 Å². The summed E-state index contributed by atoms with van der Waals surface area (Å²) in [7, 11) is 5.48. The molecule has 0 bridgehead atoms. The van der Waals surface area contributed by atoms with Crippen LogP contribution in [-0.4, -0.2) is 39.9 Å². The number of aliphatic imine (C=N–C) groups is 2. The van der Waals surface area contributed by atoms with Gasteiger partial charge in [0.2, 0.25) is 11.8 Å². The number of nitrogens with zero attached hydrogens (tertiary/aromatic N) is 6. The summed E-state index contributed by atoms with van der Waals surface area (Å²) in [4.78, 5) is 60.2. The van der Waals surface area contributed by atoms with Crippen molar-refractivity contribution in [1.82, 2.24) is 18.3 Å². The predicted octanol–water partition coefficient (Wildman–Crippen LogP) is 2.42. The molecule has 2 N–H and O–H groups in total. The van der Waals surface area contributed by atoms with Crippen LogP contribution >= 0.6 is 0 Å². The zero-order valence-electron chi connectivity index (χ0n) is 25.2. The van der Waals surface area contributed by atoms with Gasteiger partial charge in [0, 0.05) is 28.2 Å². The molecular weight excluding hydrogens is 540 g/mol. The van der Waals surface area contributed by atoms with Crippen LogP contribution in [0.3, 0.4) is 0 Å². The van der Waals surface area contributed by atoms with Crippen LogP contribution < -0.4 is 22.5 Å². The number of rotatable bonds is 7. The Morgan fingerprint density at radius 2 is 0.857 bits per heavy atom. The minimum absolute atomic E-state index is 0.0449. The van der Waals surface area contributed by atoms with Gasteiger partial charge in [0.25, 0.3) is 11.1 Å². The summed E-state index contributed by atoms with van der Waals surface area (Å²) in [5.74, 6) is -0.894. The molecule has 0 amide bonds. The maximum absolute atomic E-state index is 12.9. The maximum Gasteiger partial charge on any atom is 0.333 e. The van der Waals surface area contributed by atoms with E-state index >= 15 is 0 Å². The van der Waals surface area contributed by atoms with Gasteiger partial charge in [0.1, 0.15) is 11.1 Å². The largest absolute Gasteiger partial charge is 0.494 e.